The summed E-state index contributed by atoms with van der Waals surface area (Å²) < 4.78 is 30.3. The van der Waals surface area contributed by atoms with Gasteiger partial charge in [-0.15, -0.1) is 0 Å². The van der Waals surface area contributed by atoms with Crippen LogP contribution in [-0.2, 0) is 27.9 Å². The van der Waals surface area contributed by atoms with Crippen LogP contribution in [0.5, 0.6) is 0 Å². The third-order valence-electron chi connectivity index (χ3n) is 14.0. The van der Waals surface area contributed by atoms with E-state index >= 15 is 0 Å². The Labute approximate surface area is 453 Å². The van der Waals surface area contributed by atoms with E-state index in [0.717, 1.165) is 70.6 Å². The number of amides is 1. The maximum Gasteiger partial charge on any atom is 0.306 e. The molecule has 0 heterocycles. The summed E-state index contributed by atoms with van der Waals surface area (Å²) in [7, 11) is 1.19. The molecule has 430 valence electrons. The molecule has 3 atom stereocenters. The molecule has 73 heavy (non-hydrogen) atoms. The van der Waals surface area contributed by atoms with Crippen LogP contribution in [0.4, 0.5) is 0 Å². The number of nitrogens with zero attached hydrogens (tertiary/aromatic N) is 1. The van der Waals surface area contributed by atoms with E-state index in [-0.39, 0.29) is 31.5 Å². The predicted molar refractivity (Wildman–Crippen MR) is 312 cm³/mol. The van der Waals surface area contributed by atoms with E-state index < -0.39 is 20.0 Å². The summed E-state index contributed by atoms with van der Waals surface area (Å²) >= 11 is 0. The molecule has 0 bridgehead atoms. The molecule has 10 heteroatoms. The lowest BCUT2D eigenvalue weighted by Crippen LogP contribution is -2.47. The fraction of sp³-hybridized carbons (Fsp3) is 0.873. The van der Waals surface area contributed by atoms with Gasteiger partial charge in [0.25, 0.3) is 7.82 Å². The first-order chi connectivity index (χ1) is 35.4. The normalized spacial score (nSPS) is 13.9. The molecule has 0 aliphatic carbocycles. The van der Waals surface area contributed by atoms with Crippen LogP contribution in [0.3, 0.4) is 0 Å². The van der Waals surface area contributed by atoms with Gasteiger partial charge >= 0.3 is 5.97 Å². The van der Waals surface area contributed by atoms with Crippen LogP contribution in [0.25, 0.3) is 0 Å². The zero-order chi connectivity index (χ0) is 53.6. The number of hydrogen-bond donors (Lipinski definition) is 1. The molecule has 1 N–H and O–H groups in total. The summed E-state index contributed by atoms with van der Waals surface area (Å²) in [6.07, 6.45) is 63.9. The zero-order valence-electron chi connectivity index (χ0n) is 49.1. The van der Waals surface area contributed by atoms with Gasteiger partial charge in [0.1, 0.15) is 19.3 Å². The average Bonchev–Trinajstić information content (AvgIpc) is 3.35. The number of allylic oxidation sites excluding steroid dienone is 5. The highest BCUT2D eigenvalue weighted by atomic mass is 31.2. The second-order valence-corrected chi connectivity index (χ2v) is 24.0. The number of carbonyl (C=O) groups excluding carboxylic acids is 2. The third kappa shape index (κ3) is 54.8. The number of ether oxygens (including phenoxy) is 1. The number of carbonyl (C=O) groups is 2. The van der Waals surface area contributed by atoms with Crippen molar-refractivity contribution in [3.05, 3.63) is 36.5 Å². The van der Waals surface area contributed by atoms with Crippen molar-refractivity contribution in [1.29, 1.82) is 0 Å². The standard InChI is InChI=1S/C63H121N2O7P/c1-7-10-13-16-19-22-25-27-29-31-32-34-35-37-40-43-46-49-52-55-62(66)64-60(59-71-73(68,69)70-58-57-65(4,5)6)61(54-51-48-45-42-39-24-21-18-15-12-9-3)72-63(67)56-53-50-47-44-41-38-36-33-30-28-26-23-20-17-14-11-8-2/h27-30,51,54,60-61H,7-26,31-50,52-53,55-59H2,1-6H3,(H-,64,66,68,69)/b29-27+,30-28+,54-51+. The fourth-order valence-corrected chi connectivity index (χ4v) is 9.88. The first kappa shape index (κ1) is 71.2. The average molecular weight is 1050 g/mol. The molecule has 0 aromatic carbocycles. The van der Waals surface area contributed by atoms with Crippen LogP contribution < -0.4 is 10.2 Å². The van der Waals surface area contributed by atoms with E-state index in [1.165, 1.54) is 199 Å². The Balaban J connectivity index is 5.20. The Kier molecular flexibility index (Phi) is 52.3. The molecule has 0 aliphatic rings. The molecule has 0 aliphatic heterocycles. The van der Waals surface area contributed by atoms with Gasteiger partial charge in [0.05, 0.1) is 33.8 Å². The minimum atomic E-state index is -4.69. The van der Waals surface area contributed by atoms with Crippen LogP contribution in [-0.4, -0.2) is 69.4 Å². The molecule has 0 spiro atoms. The maximum absolute atomic E-state index is 13.5. The highest BCUT2D eigenvalue weighted by Crippen LogP contribution is 2.38. The second-order valence-electron chi connectivity index (χ2n) is 22.6. The van der Waals surface area contributed by atoms with Gasteiger partial charge < -0.3 is 28.5 Å². The SMILES string of the molecule is CCCCCCCC/C=C/CCCCCCCCCCCC(=O)NC(COP(=O)([O-])OCC[N+](C)(C)C)C(/C=C/CCCCCCCCCCC)OC(=O)CCCCCCCCC/C=C/CCCCCCCC. The molecule has 9 nitrogen and oxygen atoms in total. The van der Waals surface area contributed by atoms with Crippen molar-refractivity contribution in [1.82, 2.24) is 5.32 Å². The summed E-state index contributed by atoms with van der Waals surface area (Å²) in [6, 6.07) is -0.888. The van der Waals surface area contributed by atoms with E-state index in [1.807, 2.05) is 33.3 Å². The maximum atomic E-state index is 13.5. The number of likely N-dealkylation sites (N-methyl/N-ethyl adjacent to an activating group) is 1. The molecule has 1 amide bonds. The first-order valence-electron chi connectivity index (χ1n) is 31.3. The van der Waals surface area contributed by atoms with Gasteiger partial charge in [0.15, 0.2) is 0 Å². The summed E-state index contributed by atoms with van der Waals surface area (Å²) in [5.41, 5.74) is 0. The number of nitrogens with one attached hydrogen (secondary N) is 1. The third-order valence-corrected chi connectivity index (χ3v) is 15.0. The van der Waals surface area contributed by atoms with Gasteiger partial charge in [-0.3, -0.25) is 14.2 Å². The molecule has 0 aromatic rings. The molecule has 0 aromatic heterocycles. The number of quaternary nitrogens is 1. The van der Waals surface area contributed by atoms with Crippen LogP contribution in [0.15, 0.2) is 36.5 Å². The van der Waals surface area contributed by atoms with Crippen molar-refractivity contribution >= 4 is 19.7 Å². The first-order valence-corrected chi connectivity index (χ1v) is 32.8. The Morgan fingerprint density at radius 1 is 0.466 bits per heavy atom. The molecular formula is C63H121N2O7P. The Morgan fingerprint density at radius 2 is 0.795 bits per heavy atom. The smallest absolute Gasteiger partial charge is 0.306 e. The van der Waals surface area contributed by atoms with Crippen molar-refractivity contribution in [2.24, 2.45) is 0 Å². The summed E-state index contributed by atoms with van der Waals surface area (Å²) in [5, 5.41) is 3.03. The number of phosphoric ester groups is 1. The highest BCUT2D eigenvalue weighted by Gasteiger charge is 2.27. The van der Waals surface area contributed by atoms with Crippen LogP contribution >= 0.6 is 7.82 Å². The van der Waals surface area contributed by atoms with E-state index in [0.29, 0.717) is 17.4 Å². The highest BCUT2D eigenvalue weighted by molar-refractivity contribution is 7.45. The summed E-state index contributed by atoms with van der Waals surface area (Å²) in [4.78, 5) is 39.9. The van der Waals surface area contributed by atoms with Gasteiger partial charge in [0.2, 0.25) is 5.91 Å². The lowest BCUT2D eigenvalue weighted by molar-refractivity contribution is -0.870. The lowest BCUT2D eigenvalue weighted by atomic mass is 10.0. The Hall–Kier alpha value is -1.77. The van der Waals surface area contributed by atoms with Gasteiger partial charge in [-0.05, 0) is 83.1 Å². The van der Waals surface area contributed by atoms with E-state index in [2.05, 4.69) is 50.4 Å². The van der Waals surface area contributed by atoms with Gasteiger partial charge in [0, 0.05) is 12.8 Å². The van der Waals surface area contributed by atoms with Crippen molar-refractivity contribution in [2.45, 2.75) is 315 Å². The lowest BCUT2D eigenvalue weighted by Gasteiger charge is -2.30. The van der Waals surface area contributed by atoms with Gasteiger partial charge in [-0.1, -0.05) is 244 Å². The number of phosphoric acid groups is 1. The zero-order valence-corrected chi connectivity index (χ0v) is 50.0. The van der Waals surface area contributed by atoms with Crippen LogP contribution in [0.2, 0.25) is 0 Å². The molecule has 0 saturated heterocycles. The molecular weight excluding hydrogens is 928 g/mol. The Bertz CT molecular complexity index is 1350. The Morgan fingerprint density at radius 3 is 1.16 bits per heavy atom. The van der Waals surface area contributed by atoms with Crippen molar-refractivity contribution in [3.63, 3.8) is 0 Å². The van der Waals surface area contributed by atoms with Crippen LogP contribution in [0.1, 0.15) is 303 Å². The monoisotopic (exact) mass is 1050 g/mol. The van der Waals surface area contributed by atoms with Gasteiger partial charge in [-0.2, -0.15) is 0 Å². The molecule has 0 rings (SSSR count). The molecule has 0 fully saturated rings. The van der Waals surface area contributed by atoms with E-state index in [9.17, 15) is 19.0 Å². The predicted octanol–water partition coefficient (Wildman–Crippen LogP) is 18.5. The van der Waals surface area contributed by atoms with Crippen LogP contribution in [0, 0.1) is 0 Å². The van der Waals surface area contributed by atoms with Gasteiger partial charge in [-0.25, -0.2) is 0 Å². The molecule has 0 radical (unpaired) electrons. The number of esters is 1. The number of unbranched alkanes of at least 4 members (excludes halogenated alkanes) is 37. The van der Waals surface area contributed by atoms with Crippen molar-refractivity contribution in [3.8, 4) is 0 Å². The molecule has 3 unspecified atom stereocenters. The minimum absolute atomic E-state index is 0.0218. The minimum Gasteiger partial charge on any atom is -0.756 e. The number of hydrogen-bond acceptors (Lipinski definition) is 7. The van der Waals surface area contributed by atoms with Crippen molar-refractivity contribution < 1.29 is 37.3 Å². The topological polar surface area (TPSA) is 114 Å². The van der Waals surface area contributed by atoms with E-state index in [1.54, 1.807) is 0 Å². The largest absolute Gasteiger partial charge is 0.756 e. The fourth-order valence-electron chi connectivity index (χ4n) is 9.16. The van der Waals surface area contributed by atoms with E-state index in [4.69, 9.17) is 13.8 Å². The molecule has 0 saturated carbocycles. The second kappa shape index (κ2) is 53.6. The quantitative estimate of drug-likeness (QED) is 0.0212. The summed E-state index contributed by atoms with van der Waals surface area (Å²) in [5.74, 6) is -0.538. The summed E-state index contributed by atoms with van der Waals surface area (Å²) in [6.45, 7) is 6.85. The number of rotatable bonds is 57. The van der Waals surface area contributed by atoms with Crippen molar-refractivity contribution in [2.75, 3.05) is 40.9 Å².